The number of ether oxygens (including phenoxy) is 1. The minimum Gasteiger partial charge on any atom is -0.449 e. The molecule has 0 aromatic heterocycles. The van der Waals surface area contributed by atoms with Gasteiger partial charge in [-0.3, -0.25) is 9.59 Å². The van der Waals surface area contributed by atoms with E-state index in [4.69, 9.17) is 10.5 Å². The first-order valence-electron chi connectivity index (χ1n) is 9.76. The van der Waals surface area contributed by atoms with Crippen molar-refractivity contribution in [3.63, 3.8) is 0 Å². The average Bonchev–Trinajstić information content (AvgIpc) is 2.60. The van der Waals surface area contributed by atoms with Crippen molar-refractivity contribution in [1.82, 2.24) is 5.32 Å². The standard InChI is InChI=1S/C21H26N2O4/c1-12(27-20(26)17-4-2-16(3-5-17)18(22)24)19(25)23-21-9-13-6-14(10-21)8-15(7-13)11-21/h2-5,12-15H,6-11H2,1H3,(H2,22,24)(H,23,25). The Morgan fingerprint density at radius 3 is 1.96 bits per heavy atom. The third kappa shape index (κ3) is 3.57. The molecule has 144 valence electrons. The summed E-state index contributed by atoms with van der Waals surface area (Å²) in [4.78, 5) is 36.1. The van der Waals surface area contributed by atoms with Gasteiger partial charge >= 0.3 is 5.97 Å². The highest BCUT2D eigenvalue weighted by Crippen LogP contribution is 2.55. The van der Waals surface area contributed by atoms with Gasteiger partial charge < -0.3 is 15.8 Å². The smallest absolute Gasteiger partial charge is 0.338 e. The molecule has 0 radical (unpaired) electrons. The van der Waals surface area contributed by atoms with E-state index in [-0.39, 0.29) is 17.0 Å². The van der Waals surface area contributed by atoms with E-state index in [1.54, 1.807) is 6.92 Å². The average molecular weight is 370 g/mol. The van der Waals surface area contributed by atoms with Crippen LogP contribution in [0.5, 0.6) is 0 Å². The first-order valence-corrected chi connectivity index (χ1v) is 9.76. The maximum atomic E-state index is 12.7. The number of esters is 1. The van der Waals surface area contributed by atoms with Crippen LogP contribution in [-0.4, -0.2) is 29.4 Å². The Morgan fingerprint density at radius 2 is 1.48 bits per heavy atom. The number of carbonyl (C=O) groups excluding carboxylic acids is 3. The van der Waals surface area contributed by atoms with Gasteiger partial charge in [-0.05, 0) is 87.5 Å². The molecule has 0 spiro atoms. The van der Waals surface area contributed by atoms with Crippen molar-refractivity contribution in [3.8, 4) is 0 Å². The Labute approximate surface area is 158 Å². The molecule has 27 heavy (non-hydrogen) atoms. The maximum Gasteiger partial charge on any atom is 0.338 e. The molecule has 4 aliphatic rings. The van der Waals surface area contributed by atoms with Crippen molar-refractivity contribution < 1.29 is 19.1 Å². The summed E-state index contributed by atoms with van der Waals surface area (Å²) in [7, 11) is 0. The second-order valence-corrected chi connectivity index (χ2v) is 8.68. The van der Waals surface area contributed by atoms with Crippen LogP contribution in [0.3, 0.4) is 0 Å². The largest absolute Gasteiger partial charge is 0.449 e. The molecule has 0 heterocycles. The molecule has 2 amide bonds. The lowest BCUT2D eigenvalue weighted by Gasteiger charge is -2.57. The molecule has 6 nitrogen and oxygen atoms in total. The molecule has 1 unspecified atom stereocenters. The SMILES string of the molecule is CC(OC(=O)c1ccc(C(N)=O)cc1)C(=O)NC12CC3CC(CC(C3)C1)C2. The third-order valence-electron chi connectivity index (χ3n) is 6.48. The molecule has 0 aliphatic heterocycles. The molecular weight excluding hydrogens is 344 g/mol. The topological polar surface area (TPSA) is 98.5 Å². The van der Waals surface area contributed by atoms with E-state index in [0.717, 1.165) is 37.0 Å². The van der Waals surface area contributed by atoms with Crippen molar-refractivity contribution in [2.45, 2.75) is 57.1 Å². The van der Waals surface area contributed by atoms with Crippen molar-refractivity contribution in [1.29, 1.82) is 0 Å². The van der Waals surface area contributed by atoms with Crippen molar-refractivity contribution in [2.75, 3.05) is 0 Å². The Balaban J connectivity index is 1.36. The summed E-state index contributed by atoms with van der Waals surface area (Å²) < 4.78 is 5.35. The number of nitrogens with one attached hydrogen (secondary N) is 1. The van der Waals surface area contributed by atoms with E-state index in [1.165, 1.54) is 43.5 Å². The molecule has 0 saturated heterocycles. The number of amides is 2. The zero-order valence-electron chi connectivity index (χ0n) is 15.6. The van der Waals surface area contributed by atoms with Crippen LogP contribution in [0.1, 0.15) is 66.2 Å². The fourth-order valence-electron chi connectivity index (χ4n) is 5.68. The maximum absolute atomic E-state index is 12.7. The first-order chi connectivity index (χ1) is 12.8. The van der Waals surface area contributed by atoms with Gasteiger partial charge in [0.2, 0.25) is 5.91 Å². The zero-order chi connectivity index (χ0) is 19.2. The molecule has 1 aromatic rings. The number of hydrogen-bond donors (Lipinski definition) is 2. The van der Waals surface area contributed by atoms with Gasteiger partial charge in [0.15, 0.2) is 6.10 Å². The highest BCUT2D eigenvalue weighted by Gasteiger charge is 2.51. The normalized spacial score (nSPS) is 32.0. The second kappa shape index (κ2) is 6.66. The van der Waals surface area contributed by atoms with Crippen LogP contribution in [0.2, 0.25) is 0 Å². The minimum atomic E-state index is -0.860. The highest BCUT2D eigenvalue weighted by molar-refractivity contribution is 5.96. The quantitative estimate of drug-likeness (QED) is 0.778. The molecular formula is C21H26N2O4. The summed E-state index contributed by atoms with van der Waals surface area (Å²) in [6.45, 7) is 1.60. The van der Waals surface area contributed by atoms with Gasteiger partial charge in [-0.15, -0.1) is 0 Å². The Kier molecular flexibility index (Phi) is 4.44. The molecule has 4 saturated carbocycles. The van der Waals surface area contributed by atoms with Gasteiger partial charge in [0.05, 0.1) is 5.56 Å². The number of hydrogen-bond acceptors (Lipinski definition) is 4. The van der Waals surface area contributed by atoms with Gasteiger partial charge in [-0.2, -0.15) is 0 Å². The van der Waals surface area contributed by atoms with Gasteiger partial charge in [0.25, 0.3) is 5.91 Å². The molecule has 4 aliphatic carbocycles. The van der Waals surface area contributed by atoms with E-state index in [2.05, 4.69) is 5.32 Å². The highest BCUT2D eigenvalue weighted by atomic mass is 16.5. The minimum absolute atomic E-state index is 0.102. The van der Waals surface area contributed by atoms with Crippen LogP contribution in [0.4, 0.5) is 0 Å². The Bertz CT molecular complexity index is 736. The van der Waals surface area contributed by atoms with Crippen LogP contribution < -0.4 is 11.1 Å². The Hall–Kier alpha value is -2.37. The number of primary amides is 1. The van der Waals surface area contributed by atoms with Crippen LogP contribution in [0, 0.1) is 17.8 Å². The van der Waals surface area contributed by atoms with E-state index in [9.17, 15) is 14.4 Å². The summed E-state index contributed by atoms with van der Waals surface area (Å²) in [6.07, 6.45) is 6.23. The Morgan fingerprint density at radius 1 is 1.00 bits per heavy atom. The van der Waals surface area contributed by atoms with E-state index in [1.807, 2.05) is 0 Å². The lowest BCUT2D eigenvalue weighted by molar-refractivity contribution is -0.134. The fraction of sp³-hybridized carbons (Fsp3) is 0.571. The predicted molar refractivity (Wildman–Crippen MR) is 98.9 cm³/mol. The lowest BCUT2D eigenvalue weighted by Crippen LogP contribution is -2.61. The molecule has 1 atom stereocenters. The second-order valence-electron chi connectivity index (χ2n) is 8.68. The molecule has 5 rings (SSSR count). The molecule has 4 bridgehead atoms. The van der Waals surface area contributed by atoms with Crippen LogP contribution in [0.15, 0.2) is 24.3 Å². The summed E-state index contributed by atoms with van der Waals surface area (Å²) in [6, 6.07) is 5.90. The zero-order valence-corrected chi connectivity index (χ0v) is 15.6. The fourth-order valence-corrected chi connectivity index (χ4v) is 5.68. The van der Waals surface area contributed by atoms with Gasteiger partial charge in [0.1, 0.15) is 0 Å². The summed E-state index contributed by atoms with van der Waals surface area (Å²) in [5.41, 5.74) is 5.70. The number of nitrogens with two attached hydrogens (primary N) is 1. The number of carbonyl (C=O) groups is 3. The van der Waals surface area contributed by atoms with Crippen molar-refractivity contribution >= 4 is 17.8 Å². The van der Waals surface area contributed by atoms with Gasteiger partial charge in [-0.1, -0.05) is 0 Å². The van der Waals surface area contributed by atoms with Crippen LogP contribution in [-0.2, 0) is 9.53 Å². The van der Waals surface area contributed by atoms with Gasteiger partial charge in [-0.25, -0.2) is 4.79 Å². The summed E-state index contributed by atoms with van der Waals surface area (Å²) in [5.74, 6) is 0.839. The van der Waals surface area contributed by atoms with Crippen LogP contribution >= 0.6 is 0 Å². The molecule has 1 aromatic carbocycles. The molecule has 6 heteroatoms. The third-order valence-corrected chi connectivity index (χ3v) is 6.48. The molecule has 3 N–H and O–H groups in total. The van der Waals surface area contributed by atoms with E-state index >= 15 is 0 Å². The molecule has 4 fully saturated rings. The summed E-state index contributed by atoms with van der Waals surface area (Å²) >= 11 is 0. The van der Waals surface area contributed by atoms with Crippen molar-refractivity contribution in [2.24, 2.45) is 23.5 Å². The predicted octanol–water partition coefficient (Wildman–Crippen LogP) is 2.42. The van der Waals surface area contributed by atoms with Gasteiger partial charge in [0, 0.05) is 11.1 Å². The monoisotopic (exact) mass is 370 g/mol. The number of rotatable bonds is 5. The van der Waals surface area contributed by atoms with E-state index < -0.39 is 18.0 Å². The summed E-state index contributed by atoms with van der Waals surface area (Å²) in [5, 5.41) is 3.23. The van der Waals surface area contributed by atoms with E-state index in [0.29, 0.717) is 5.56 Å². The van der Waals surface area contributed by atoms with Crippen LogP contribution in [0.25, 0.3) is 0 Å². The van der Waals surface area contributed by atoms with Crippen molar-refractivity contribution in [3.05, 3.63) is 35.4 Å². The lowest BCUT2D eigenvalue weighted by atomic mass is 9.53. The number of benzene rings is 1. The first kappa shape index (κ1) is 18.0.